The van der Waals surface area contributed by atoms with Crippen molar-refractivity contribution in [1.29, 1.82) is 0 Å². The van der Waals surface area contributed by atoms with Gasteiger partial charge >= 0.3 is 0 Å². The van der Waals surface area contributed by atoms with Crippen molar-refractivity contribution in [2.45, 2.75) is 13.1 Å². The Morgan fingerprint density at radius 3 is 3.05 bits per heavy atom. The van der Waals surface area contributed by atoms with Crippen LogP contribution in [-0.2, 0) is 13.1 Å². The predicted molar refractivity (Wildman–Crippen MR) is 82.1 cm³/mol. The molecule has 0 unspecified atom stereocenters. The van der Waals surface area contributed by atoms with Crippen LogP contribution in [0.5, 0.6) is 0 Å². The van der Waals surface area contributed by atoms with E-state index in [4.69, 9.17) is 11.6 Å². The van der Waals surface area contributed by atoms with Gasteiger partial charge in [-0.05, 0) is 22.6 Å². The third-order valence-corrected chi connectivity index (χ3v) is 3.35. The number of anilines is 1. The number of nitrogens with zero attached hydrogens (tertiary/aromatic N) is 5. The summed E-state index contributed by atoms with van der Waals surface area (Å²) in [6.07, 6.45) is 1.73. The van der Waals surface area contributed by atoms with Crippen LogP contribution in [0.25, 0.3) is 10.9 Å². The topological polar surface area (TPSA) is 68.5 Å². The Hall–Kier alpha value is -2.47. The minimum absolute atomic E-state index is 0.476. The fourth-order valence-electron chi connectivity index (χ4n) is 2.01. The molecule has 0 amide bonds. The number of hydrogen-bond donors (Lipinski definition) is 1. The standard InChI is InChI=1S/C14H13ClN6/c1-2-7-21-14(18-19-20-21)16-9-11-8-10-5-3-4-6-12(10)17-13(11)15/h2-6,8H,1,7,9H2,(H,16,18,20). The van der Waals surface area contributed by atoms with Crippen LogP contribution >= 0.6 is 11.6 Å². The summed E-state index contributed by atoms with van der Waals surface area (Å²) in [6.45, 7) is 4.70. The van der Waals surface area contributed by atoms with Gasteiger partial charge in [-0.25, -0.2) is 9.67 Å². The highest BCUT2D eigenvalue weighted by Gasteiger charge is 2.08. The van der Waals surface area contributed by atoms with Gasteiger partial charge in [0.15, 0.2) is 0 Å². The van der Waals surface area contributed by atoms with Crippen LogP contribution < -0.4 is 5.32 Å². The number of allylic oxidation sites excluding steroid dienone is 1. The van der Waals surface area contributed by atoms with Crippen molar-refractivity contribution in [2.75, 3.05) is 5.32 Å². The Kier molecular flexibility index (Phi) is 3.79. The van der Waals surface area contributed by atoms with E-state index in [-0.39, 0.29) is 0 Å². The maximum atomic E-state index is 6.22. The summed E-state index contributed by atoms with van der Waals surface area (Å²) in [5.41, 5.74) is 1.77. The van der Waals surface area contributed by atoms with E-state index >= 15 is 0 Å². The molecule has 106 valence electrons. The summed E-state index contributed by atoms with van der Waals surface area (Å²) in [5, 5.41) is 16.1. The molecule has 0 aliphatic heterocycles. The third kappa shape index (κ3) is 2.85. The molecular formula is C14H13ClN6. The summed E-state index contributed by atoms with van der Waals surface area (Å²) in [4.78, 5) is 4.39. The highest BCUT2D eigenvalue weighted by molar-refractivity contribution is 6.30. The third-order valence-electron chi connectivity index (χ3n) is 3.02. The van der Waals surface area contributed by atoms with E-state index < -0.39 is 0 Å². The van der Waals surface area contributed by atoms with Gasteiger partial charge in [-0.1, -0.05) is 41.0 Å². The number of para-hydroxylation sites is 1. The molecule has 0 atom stereocenters. The van der Waals surface area contributed by atoms with Crippen molar-refractivity contribution in [3.8, 4) is 0 Å². The predicted octanol–water partition coefficient (Wildman–Crippen LogP) is 2.67. The molecule has 0 aliphatic rings. The van der Waals surface area contributed by atoms with Crippen LogP contribution in [0.2, 0.25) is 5.15 Å². The Bertz CT molecular complexity index is 782. The molecule has 0 bridgehead atoms. The molecule has 3 aromatic rings. The number of hydrogen-bond acceptors (Lipinski definition) is 5. The summed E-state index contributed by atoms with van der Waals surface area (Å²) in [7, 11) is 0. The summed E-state index contributed by atoms with van der Waals surface area (Å²) in [6, 6.07) is 9.86. The Morgan fingerprint density at radius 1 is 1.33 bits per heavy atom. The minimum atomic E-state index is 0.476. The smallest absolute Gasteiger partial charge is 0.243 e. The molecule has 21 heavy (non-hydrogen) atoms. The fraction of sp³-hybridized carbons (Fsp3) is 0.143. The van der Waals surface area contributed by atoms with Crippen molar-refractivity contribution in [3.05, 3.63) is 53.7 Å². The molecule has 0 spiro atoms. The number of nitrogens with one attached hydrogen (secondary N) is 1. The maximum absolute atomic E-state index is 6.22. The van der Waals surface area contributed by atoms with Crippen molar-refractivity contribution in [2.24, 2.45) is 0 Å². The second-order valence-corrected chi connectivity index (χ2v) is 4.82. The second-order valence-electron chi connectivity index (χ2n) is 4.46. The molecular weight excluding hydrogens is 288 g/mol. The molecule has 2 heterocycles. The van der Waals surface area contributed by atoms with Crippen molar-refractivity contribution >= 4 is 28.5 Å². The van der Waals surface area contributed by atoms with Gasteiger partial charge in [0.25, 0.3) is 0 Å². The van der Waals surface area contributed by atoms with Crippen LogP contribution in [0.3, 0.4) is 0 Å². The molecule has 3 rings (SSSR count). The monoisotopic (exact) mass is 300 g/mol. The van der Waals surface area contributed by atoms with Gasteiger partial charge in [0.1, 0.15) is 5.15 Å². The van der Waals surface area contributed by atoms with E-state index in [9.17, 15) is 0 Å². The van der Waals surface area contributed by atoms with Crippen molar-refractivity contribution in [3.63, 3.8) is 0 Å². The number of halogens is 1. The summed E-state index contributed by atoms with van der Waals surface area (Å²) < 4.78 is 1.62. The van der Waals surface area contributed by atoms with Crippen LogP contribution in [0.4, 0.5) is 5.95 Å². The Balaban J connectivity index is 1.83. The first-order valence-corrected chi connectivity index (χ1v) is 6.81. The number of fused-ring (bicyclic) bond motifs is 1. The highest BCUT2D eigenvalue weighted by atomic mass is 35.5. The number of pyridine rings is 1. The van der Waals surface area contributed by atoms with E-state index in [1.54, 1.807) is 10.8 Å². The van der Waals surface area contributed by atoms with Crippen LogP contribution in [-0.4, -0.2) is 25.2 Å². The zero-order valence-electron chi connectivity index (χ0n) is 11.2. The van der Waals surface area contributed by atoms with Crippen molar-refractivity contribution < 1.29 is 0 Å². The van der Waals surface area contributed by atoms with E-state index in [1.807, 2.05) is 30.3 Å². The molecule has 6 nitrogen and oxygen atoms in total. The molecule has 1 N–H and O–H groups in total. The molecule has 2 aromatic heterocycles. The lowest BCUT2D eigenvalue weighted by molar-refractivity contribution is 0.663. The molecule has 1 aromatic carbocycles. The van der Waals surface area contributed by atoms with Gasteiger partial charge < -0.3 is 5.32 Å². The SMILES string of the molecule is C=CCn1nnnc1NCc1cc2ccccc2nc1Cl. The quantitative estimate of drug-likeness (QED) is 0.579. The molecule has 0 aliphatic carbocycles. The minimum Gasteiger partial charge on any atom is -0.349 e. The summed E-state index contributed by atoms with van der Waals surface area (Å²) in [5.74, 6) is 0.569. The van der Waals surface area contributed by atoms with E-state index in [2.05, 4.69) is 32.4 Å². The maximum Gasteiger partial charge on any atom is 0.243 e. The van der Waals surface area contributed by atoms with E-state index in [0.29, 0.717) is 24.2 Å². The number of rotatable bonds is 5. The van der Waals surface area contributed by atoms with Gasteiger partial charge in [-0.3, -0.25) is 0 Å². The van der Waals surface area contributed by atoms with Crippen LogP contribution in [0.15, 0.2) is 43.0 Å². The van der Waals surface area contributed by atoms with E-state index in [0.717, 1.165) is 16.5 Å². The first-order valence-electron chi connectivity index (χ1n) is 6.43. The second kappa shape index (κ2) is 5.88. The van der Waals surface area contributed by atoms with Gasteiger partial charge in [0.05, 0.1) is 12.1 Å². The lowest BCUT2D eigenvalue weighted by atomic mass is 10.1. The zero-order valence-corrected chi connectivity index (χ0v) is 12.0. The number of benzene rings is 1. The lowest BCUT2D eigenvalue weighted by Crippen LogP contribution is -2.08. The van der Waals surface area contributed by atoms with Gasteiger partial charge in [-0.2, -0.15) is 0 Å². The Labute approximate surface area is 126 Å². The molecule has 0 radical (unpaired) electrons. The first-order chi connectivity index (χ1) is 10.3. The fourth-order valence-corrected chi connectivity index (χ4v) is 2.22. The first kappa shape index (κ1) is 13.5. The molecule has 0 saturated carbocycles. The van der Waals surface area contributed by atoms with Crippen molar-refractivity contribution in [1.82, 2.24) is 25.2 Å². The average Bonchev–Trinajstić information content (AvgIpc) is 2.93. The van der Waals surface area contributed by atoms with Crippen LogP contribution in [0.1, 0.15) is 5.56 Å². The summed E-state index contributed by atoms with van der Waals surface area (Å²) >= 11 is 6.22. The normalized spacial score (nSPS) is 10.7. The zero-order chi connectivity index (χ0) is 14.7. The Morgan fingerprint density at radius 2 is 2.19 bits per heavy atom. The molecule has 7 heteroatoms. The van der Waals surface area contributed by atoms with Gasteiger partial charge in [-0.15, -0.1) is 6.58 Å². The lowest BCUT2D eigenvalue weighted by Gasteiger charge is -2.08. The molecule has 0 saturated heterocycles. The number of aromatic nitrogens is 5. The van der Waals surface area contributed by atoms with Crippen LogP contribution in [0, 0.1) is 0 Å². The largest absolute Gasteiger partial charge is 0.349 e. The number of tetrazole rings is 1. The highest BCUT2D eigenvalue weighted by Crippen LogP contribution is 2.21. The van der Waals surface area contributed by atoms with Gasteiger partial charge in [0, 0.05) is 17.5 Å². The van der Waals surface area contributed by atoms with E-state index in [1.165, 1.54) is 0 Å². The molecule has 0 fully saturated rings. The average molecular weight is 301 g/mol. The van der Waals surface area contributed by atoms with Gasteiger partial charge in [0.2, 0.25) is 5.95 Å².